The molecule has 7 nitrogen and oxygen atoms in total. The van der Waals surface area contributed by atoms with E-state index in [1.165, 1.54) is 23.9 Å². The lowest BCUT2D eigenvalue weighted by atomic mass is 10.1. The third kappa shape index (κ3) is 4.27. The smallest absolute Gasteiger partial charge is 0.276 e. The van der Waals surface area contributed by atoms with Crippen LogP contribution in [0.15, 0.2) is 71.5 Å². The average Bonchev–Trinajstić information content (AvgIpc) is 2.70. The molecule has 136 valence electrons. The zero-order valence-electron chi connectivity index (χ0n) is 14.7. The number of para-hydroxylation sites is 1. The molecular formula is C20H18N4O3. The van der Waals surface area contributed by atoms with Crippen LogP contribution in [0.25, 0.3) is 0 Å². The molecule has 0 fully saturated rings. The van der Waals surface area contributed by atoms with E-state index in [0.717, 1.165) is 5.56 Å². The van der Waals surface area contributed by atoms with E-state index in [-0.39, 0.29) is 23.7 Å². The van der Waals surface area contributed by atoms with Crippen LogP contribution in [0.4, 0.5) is 5.69 Å². The number of nitrogens with zero attached hydrogens (tertiary/aromatic N) is 2. The Morgan fingerprint density at radius 3 is 2.37 bits per heavy atom. The van der Waals surface area contributed by atoms with Gasteiger partial charge in [0.15, 0.2) is 0 Å². The molecule has 27 heavy (non-hydrogen) atoms. The lowest BCUT2D eigenvalue weighted by Gasteiger charge is -2.11. The number of nitrogens with one attached hydrogen (secondary N) is 2. The number of carbonyl (C=O) groups is 2. The molecule has 0 unspecified atom stereocenters. The zero-order chi connectivity index (χ0) is 19.2. The first kappa shape index (κ1) is 18.1. The Balaban J connectivity index is 1.85. The van der Waals surface area contributed by atoms with Gasteiger partial charge in [-0.2, -0.15) is 5.10 Å². The van der Waals surface area contributed by atoms with E-state index in [1.807, 2.05) is 30.3 Å². The maximum absolute atomic E-state index is 12.6. The number of benzene rings is 2. The van der Waals surface area contributed by atoms with Crippen LogP contribution in [-0.2, 0) is 6.54 Å². The first-order chi connectivity index (χ1) is 13.1. The summed E-state index contributed by atoms with van der Waals surface area (Å²) in [4.78, 5) is 36.6. The van der Waals surface area contributed by atoms with E-state index in [1.54, 1.807) is 24.3 Å². The molecule has 1 aromatic heterocycles. The van der Waals surface area contributed by atoms with Gasteiger partial charge in [0.2, 0.25) is 0 Å². The van der Waals surface area contributed by atoms with E-state index < -0.39 is 5.91 Å². The van der Waals surface area contributed by atoms with Gasteiger partial charge in [-0.05, 0) is 23.8 Å². The Bertz CT molecular complexity index is 1030. The first-order valence-corrected chi connectivity index (χ1v) is 8.33. The summed E-state index contributed by atoms with van der Waals surface area (Å²) >= 11 is 0. The number of anilines is 1. The van der Waals surface area contributed by atoms with Crippen molar-refractivity contribution >= 4 is 17.5 Å². The summed E-state index contributed by atoms with van der Waals surface area (Å²) < 4.78 is 1.23. The number of hydrogen-bond acceptors (Lipinski definition) is 4. The van der Waals surface area contributed by atoms with Crippen LogP contribution >= 0.6 is 0 Å². The molecule has 0 atom stereocenters. The lowest BCUT2D eigenvalue weighted by molar-refractivity contribution is 0.0964. The standard InChI is InChI=1S/C20H18N4O3/c1-21-19(26)15-9-5-6-10-16(15)22-20(27)17-11-12-18(25)24(23-17)13-14-7-3-2-4-8-14/h2-12H,13H2,1H3,(H,21,26)(H,22,27). The van der Waals surface area contributed by atoms with Gasteiger partial charge in [-0.3, -0.25) is 14.4 Å². The third-order valence-corrected chi connectivity index (χ3v) is 3.92. The molecule has 0 spiro atoms. The molecule has 1 heterocycles. The van der Waals surface area contributed by atoms with E-state index in [9.17, 15) is 14.4 Å². The number of hydrogen-bond donors (Lipinski definition) is 2. The fraction of sp³-hybridized carbons (Fsp3) is 0.100. The van der Waals surface area contributed by atoms with Gasteiger partial charge in [0.05, 0.1) is 17.8 Å². The van der Waals surface area contributed by atoms with Crippen molar-refractivity contribution < 1.29 is 9.59 Å². The summed E-state index contributed by atoms with van der Waals surface area (Å²) in [7, 11) is 1.52. The van der Waals surface area contributed by atoms with Crippen molar-refractivity contribution in [2.75, 3.05) is 12.4 Å². The molecule has 3 rings (SSSR count). The largest absolute Gasteiger partial charge is 0.355 e. The topological polar surface area (TPSA) is 93.1 Å². The predicted molar refractivity (Wildman–Crippen MR) is 102 cm³/mol. The quantitative estimate of drug-likeness (QED) is 0.725. The molecule has 2 amide bonds. The predicted octanol–water partition coefficient (Wildman–Crippen LogP) is 1.90. The summed E-state index contributed by atoms with van der Waals surface area (Å²) in [5.74, 6) is -0.818. The second-order valence-electron chi connectivity index (χ2n) is 5.78. The third-order valence-electron chi connectivity index (χ3n) is 3.92. The molecule has 2 aromatic carbocycles. The number of amides is 2. The maximum Gasteiger partial charge on any atom is 0.276 e. The maximum atomic E-state index is 12.6. The SMILES string of the molecule is CNC(=O)c1ccccc1NC(=O)c1ccc(=O)n(Cc2ccccc2)n1. The van der Waals surface area contributed by atoms with E-state index >= 15 is 0 Å². The van der Waals surface area contributed by atoms with Gasteiger partial charge in [-0.25, -0.2) is 4.68 Å². The molecule has 0 aliphatic heterocycles. The van der Waals surface area contributed by atoms with Gasteiger partial charge in [-0.1, -0.05) is 42.5 Å². The first-order valence-electron chi connectivity index (χ1n) is 8.33. The van der Waals surface area contributed by atoms with Crippen molar-refractivity contribution in [1.82, 2.24) is 15.1 Å². The molecule has 0 saturated carbocycles. The van der Waals surface area contributed by atoms with Crippen molar-refractivity contribution in [3.63, 3.8) is 0 Å². The highest BCUT2D eigenvalue weighted by Gasteiger charge is 2.15. The van der Waals surface area contributed by atoms with E-state index in [4.69, 9.17) is 0 Å². The molecular weight excluding hydrogens is 344 g/mol. The van der Waals surface area contributed by atoms with Crippen molar-refractivity contribution in [3.05, 3.63) is 93.9 Å². The van der Waals surface area contributed by atoms with E-state index in [2.05, 4.69) is 15.7 Å². The Morgan fingerprint density at radius 1 is 0.926 bits per heavy atom. The van der Waals surface area contributed by atoms with Crippen LogP contribution < -0.4 is 16.2 Å². The van der Waals surface area contributed by atoms with Gasteiger partial charge in [-0.15, -0.1) is 0 Å². The molecule has 7 heteroatoms. The van der Waals surface area contributed by atoms with Gasteiger partial charge >= 0.3 is 0 Å². The summed E-state index contributed by atoms with van der Waals surface area (Å²) in [6, 6.07) is 18.7. The van der Waals surface area contributed by atoms with Gasteiger partial charge in [0.1, 0.15) is 5.69 Å². The Kier molecular flexibility index (Phi) is 5.41. The normalized spacial score (nSPS) is 10.3. The summed E-state index contributed by atoms with van der Waals surface area (Å²) in [5, 5.41) is 9.35. The number of carbonyl (C=O) groups excluding carboxylic acids is 2. The van der Waals surface area contributed by atoms with Crippen LogP contribution in [0.3, 0.4) is 0 Å². The van der Waals surface area contributed by atoms with Crippen LogP contribution in [-0.4, -0.2) is 28.6 Å². The second-order valence-corrected chi connectivity index (χ2v) is 5.78. The fourth-order valence-electron chi connectivity index (χ4n) is 2.55. The lowest BCUT2D eigenvalue weighted by Crippen LogP contribution is -2.27. The monoisotopic (exact) mass is 362 g/mol. The molecule has 0 aliphatic carbocycles. The van der Waals surface area contributed by atoms with Crippen molar-refractivity contribution in [1.29, 1.82) is 0 Å². The highest BCUT2D eigenvalue weighted by molar-refractivity contribution is 6.08. The van der Waals surface area contributed by atoms with E-state index in [0.29, 0.717) is 11.3 Å². The minimum atomic E-state index is -0.506. The van der Waals surface area contributed by atoms with Gasteiger partial charge in [0, 0.05) is 13.1 Å². The van der Waals surface area contributed by atoms with Gasteiger partial charge in [0.25, 0.3) is 17.4 Å². The average molecular weight is 362 g/mol. The molecule has 3 aromatic rings. The highest BCUT2D eigenvalue weighted by Crippen LogP contribution is 2.15. The van der Waals surface area contributed by atoms with Crippen molar-refractivity contribution in [2.45, 2.75) is 6.54 Å². The highest BCUT2D eigenvalue weighted by atomic mass is 16.2. The van der Waals surface area contributed by atoms with Crippen LogP contribution in [0.5, 0.6) is 0 Å². The molecule has 0 aliphatic rings. The molecule has 0 radical (unpaired) electrons. The minimum Gasteiger partial charge on any atom is -0.355 e. The molecule has 2 N–H and O–H groups in total. The van der Waals surface area contributed by atoms with Crippen molar-refractivity contribution in [3.8, 4) is 0 Å². The number of aromatic nitrogens is 2. The van der Waals surface area contributed by atoms with Crippen LogP contribution in [0, 0.1) is 0 Å². The minimum absolute atomic E-state index is 0.0808. The Labute approximate surface area is 155 Å². The zero-order valence-corrected chi connectivity index (χ0v) is 14.7. The summed E-state index contributed by atoms with van der Waals surface area (Å²) in [5.41, 5.74) is 1.38. The van der Waals surface area contributed by atoms with Crippen LogP contribution in [0.1, 0.15) is 26.4 Å². The number of rotatable bonds is 5. The Hall–Kier alpha value is -3.74. The van der Waals surface area contributed by atoms with Crippen LogP contribution in [0.2, 0.25) is 0 Å². The molecule has 0 saturated heterocycles. The second kappa shape index (κ2) is 8.09. The summed E-state index contributed by atoms with van der Waals surface area (Å²) in [6.45, 7) is 0.260. The Morgan fingerprint density at radius 2 is 1.63 bits per heavy atom. The summed E-state index contributed by atoms with van der Waals surface area (Å²) in [6.07, 6.45) is 0. The van der Waals surface area contributed by atoms with Crippen molar-refractivity contribution in [2.24, 2.45) is 0 Å². The fourth-order valence-corrected chi connectivity index (χ4v) is 2.55. The molecule has 0 bridgehead atoms. The van der Waals surface area contributed by atoms with Gasteiger partial charge < -0.3 is 10.6 Å².